The summed E-state index contributed by atoms with van der Waals surface area (Å²) >= 11 is 0. The minimum absolute atomic E-state index is 0.829. The highest BCUT2D eigenvalue weighted by Gasteiger charge is 2.34. The Hall–Kier alpha value is -0.0800. The molecule has 2 aliphatic rings. The summed E-state index contributed by atoms with van der Waals surface area (Å²) in [6.07, 6.45) is 2.72. The summed E-state index contributed by atoms with van der Waals surface area (Å²) in [5.41, 5.74) is 0. The van der Waals surface area contributed by atoms with Crippen LogP contribution in [0, 0.1) is 0 Å². The maximum Gasteiger partial charge on any atom is 0.0258 e. The minimum atomic E-state index is 0.829. The van der Waals surface area contributed by atoms with Crippen molar-refractivity contribution in [1.29, 1.82) is 0 Å². The van der Waals surface area contributed by atoms with Crippen LogP contribution in [0.25, 0.3) is 0 Å². The monoisotopic (exact) mass is 126 g/mol. The molecule has 0 amide bonds. The van der Waals surface area contributed by atoms with Gasteiger partial charge in [-0.1, -0.05) is 0 Å². The van der Waals surface area contributed by atoms with Crippen molar-refractivity contribution in [2.75, 3.05) is 20.1 Å². The second-order valence-corrected chi connectivity index (χ2v) is 3.19. The van der Waals surface area contributed by atoms with E-state index in [-0.39, 0.29) is 0 Å². The van der Waals surface area contributed by atoms with Gasteiger partial charge in [-0.15, -0.1) is 0 Å². The van der Waals surface area contributed by atoms with E-state index in [9.17, 15) is 0 Å². The van der Waals surface area contributed by atoms with Crippen molar-refractivity contribution >= 4 is 0 Å². The summed E-state index contributed by atoms with van der Waals surface area (Å²) in [7, 11) is 2.23. The van der Waals surface area contributed by atoms with Crippen molar-refractivity contribution in [2.24, 2.45) is 0 Å². The fraction of sp³-hybridized carbons (Fsp3) is 1.00. The number of nitrogens with zero attached hydrogens (tertiary/aromatic N) is 1. The quantitative estimate of drug-likeness (QED) is 0.493. The number of hydrogen-bond donors (Lipinski definition) is 1. The molecule has 1 N–H and O–H groups in total. The first kappa shape index (κ1) is 5.69. The van der Waals surface area contributed by atoms with Gasteiger partial charge in [0.1, 0.15) is 0 Å². The lowest BCUT2D eigenvalue weighted by Gasteiger charge is -2.16. The highest BCUT2D eigenvalue weighted by atomic mass is 15.2. The van der Waals surface area contributed by atoms with Gasteiger partial charge >= 0.3 is 0 Å². The average Bonchev–Trinajstić information content (AvgIpc) is 2.35. The molecule has 2 fully saturated rings. The third-order valence-corrected chi connectivity index (χ3v) is 2.67. The predicted molar refractivity (Wildman–Crippen MR) is 37.4 cm³/mol. The zero-order valence-corrected chi connectivity index (χ0v) is 5.93. The number of hydrogen-bond acceptors (Lipinski definition) is 2. The van der Waals surface area contributed by atoms with E-state index in [4.69, 9.17) is 0 Å². The number of fused-ring (bicyclic) bond motifs is 1. The first-order chi connectivity index (χ1) is 4.38. The van der Waals surface area contributed by atoms with Crippen LogP contribution in [0.3, 0.4) is 0 Å². The van der Waals surface area contributed by atoms with Crippen LogP contribution in [0.5, 0.6) is 0 Å². The largest absolute Gasteiger partial charge is 0.312 e. The molecule has 0 aromatic rings. The summed E-state index contributed by atoms with van der Waals surface area (Å²) in [6, 6.07) is 1.69. The second-order valence-electron chi connectivity index (χ2n) is 3.19. The lowest BCUT2D eigenvalue weighted by molar-refractivity contribution is 0.310. The normalized spacial score (nSPS) is 43.7. The predicted octanol–water partition coefficient (Wildman–Crippen LogP) is 0.0524. The molecule has 52 valence electrons. The fourth-order valence-corrected chi connectivity index (χ4v) is 2.08. The van der Waals surface area contributed by atoms with Crippen molar-refractivity contribution in [1.82, 2.24) is 10.2 Å². The third-order valence-electron chi connectivity index (χ3n) is 2.67. The van der Waals surface area contributed by atoms with Gasteiger partial charge < -0.3 is 10.2 Å². The summed E-state index contributed by atoms with van der Waals surface area (Å²) in [5, 5.41) is 3.51. The Labute approximate surface area is 56.2 Å². The summed E-state index contributed by atoms with van der Waals surface area (Å²) in [6.45, 7) is 2.53. The second kappa shape index (κ2) is 1.96. The zero-order valence-electron chi connectivity index (χ0n) is 5.93. The smallest absolute Gasteiger partial charge is 0.0258 e. The average molecular weight is 126 g/mol. The van der Waals surface area contributed by atoms with Crippen LogP contribution in [-0.2, 0) is 0 Å². The van der Waals surface area contributed by atoms with Gasteiger partial charge in [0.15, 0.2) is 0 Å². The van der Waals surface area contributed by atoms with Crippen LogP contribution < -0.4 is 5.32 Å². The van der Waals surface area contributed by atoms with Crippen molar-refractivity contribution in [3.8, 4) is 0 Å². The lowest BCUT2D eigenvalue weighted by atomic mass is 10.1. The van der Waals surface area contributed by atoms with Crippen molar-refractivity contribution in [3.05, 3.63) is 0 Å². The van der Waals surface area contributed by atoms with Crippen LogP contribution in [0.2, 0.25) is 0 Å². The molecule has 2 atom stereocenters. The van der Waals surface area contributed by atoms with Gasteiger partial charge in [0.25, 0.3) is 0 Å². The van der Waals surface area contributed by atoms with Crippen molar-refractivity contribution in [2.45, 2.75) is 24.9 Å². The molecule has 0 saturated carbocycles. The molecule has 0 aliphatic carbocycles. The molecule has 2 heterocycles. The Balaban J connectivity index is 2.07. The molecule has 2 aliphatic heterocycles. The van der Waals surface area contributed by atoms with E-state index < -0.39 is 0 Å². The SMILES string of the molecule is CN1CCC2NCCC21. The Morgan fingerprint density at radius 2 is 2.33 bits per heavy atom. The molecule has 0 spiro atoms. The summed E-state index contributed by atoms with van der Waals surface area (Å²) < 4.78 is 0. The minimum Gasteiger partial charge on any atom is -0.312 e. The molecule has 0 bridgehead atoms. The Morgan fingerprint density at radius 3 is 3.11 bits per heavy atom. The molecule has 2 rings (SSSR count). The Morgan fingerprint density at radius 1 is 1.44 bits per heavy atom. The van der Waals surface area contributed by atoms with E-state index in [2.05, 4.69) is 17.3 Å². The molecule has 2 saturated heterocycles. The molecule has 9 heavy (non-hydrogen) atoms. The van der Waals surface area contributed by atoms with E-state index >= 15 is 0 Å². The third kappa shape index (κ3) is 0.775. The molecule has 2 unspecified atom stereocenters. The molecule has 0 aromatic carbocycles. The molecule has 2 heteroatoms. The topological polar surface area (TPSA) is 15.3 Å². The van der Waals surface area contributed by atoms with Gasteiger partial charge in [-0.05, 0) is 33.0 Å². The van der Waals surface area contributed by atoms with Crippen molar-refractivity contribution in [3.63, 3.8) is 0 Å². The van der Waals surface area contributed by atoms with Crippen molar-refractivity contribution < 1.29 is 0 Å². The standard InChI is InChI=1S/C7H14N2/c1-9-5-3-6-7(9)2-4-8-6/h6-8H,2-5H2,1H3. The van der Waals surface area contributed by atoms with Crippen LogP contribution in [0.4, 0.5) is 0 Å². The maximum atomic E-state index is 3.51. The van der Waals surface area contributed by atoms with Crippen LogP contribution in [0.15, 0.2) is 0 Å². The molecule has 0 radical (unpaired) electrons. The van der Waals surface area contributed by atoms with Crippen LogP contribution >= 0.6 is 0 Å². The molecule has 2 nitrogen and oxygen atoms in total. The van der Waals surface area contributed by atoms with Gasteiger partial charge in [-0.2, -0.15) is 0 Å². The Bertz CT molecular complexity index is 113. The lowest BCUT2D eigenvalue weighted by Crippen LogP contribution is -2.31. The summed E-state index contributed by atoms with van der Waals surface area (Å²) in [5.74, 6) is 0. The zero-order chi connectivity index (χ0) is 6.27. The molecular weight excluding hydrogens is 112 g/mol. The first-order valence-corrected chi connectivity index (χ1v) is 3.81. The maximum absolute atomic E-state index is 3.51. The van der Waals surface area contributed by atoms with Gasteiger partial charge in [-0.3, -0.25) is 0 Å². The van der Waals surface area contributed by atoms with Crippen LogP contribution in [-0.4, -0.2) is 37.1 Å². The Kier molecular flexibility index (Phi) is 1.24. The van der Waals surface area contributed by atoms with Gasteiger partial charge in [0.05, 0.1) is 0 Å². The number of likely N-dealkylation sites (tertiary alicyclic amines) is 1. The van der Waals surface area contributed by atoms with E-state index in [0.29, 0.717) is 0 Å². The molecule has 0 aromatic heterocycles. The highest BCUT2D eigenvalue weighted by Crippen LogP contribution is 2.22. The van der Waals surface area contributed by atoms with Gasteiger partial charge in [0.2, 0.25) is 0 Å². The van der Waals surface area contributed by atoms with E-state index in [1.807, 2.05) is 0 Å². The fourth-order valence-electron chi connectivity index (χ4n) is 2.08. The van der Waals surface area contributed by atoms with Gasteiger partial charge in [0, 0.05) is 12.1 Å². The summed E-state index contributed by atoms with van der Waals surface area (Å²) in [4.78, 5) is 2.48. The number of likely N-dealkylation sites (N-methyl/N-ethyl adjacent to an activating group) is 1. The highest BCUT2D eigenvalue weighted by molar-refractivity contribution is 4.95. The first-order valence-electron chi connectivity index (χ1n) is 3.81. The van der Waals surface area contributed by atoms with E-state index in [1.165, 1.54) is 25.9 Å². The number of rotatable bonds is 0. The van der Waals surface area contributed by atoms with E-state index in [0.717, 1.165) is 12.1 Å². The molecular formula is C7H14N2. The van der Waals surface area contributed by atoms with E-state index in [1.54, 1.807) is 0 Å². The van der Waals surface area contributed by atoms with Crippen LogP contribution in [0.1, 0.15) is 12.8 Å². The van der Waals surface area contributed by atoms with Gasteiger partial charge in [-0.25, -0.2) is 0 Å². The number of nitrogens with one attached hydrogen (secondary N) is 1.